The molecule has 0 saturated carbocycles. The molecular weight excluding hydrogens is 423 g/mol. The number of amides is 1. The molecule has 1 heterocycles. The molecule has 1 aromatic heterocycles. The van der Waals surface area contributed by atoms with E-state index in [2.05, 4.69) is 10.2 Å². The summed E-state index contributed by atoms with van der Waals surface area (Å²) >= 11 is 1.32. The zero-order valence-electron chi connectivity index (χ0n) is 17.9. The first-order valence-electron chi connectivity index (χ1n) is 10.2. The lowest BCUT2D eigenvalue weighted by atomic mass is 10.1. The van der Waals surface area contributed by atoms with E-state index in [1.54, 1.807) is 37.2 Å². The van der Waals surface area contributed by atoms with Gasteiger partial charge in [-0.25, -0.2) is 4.39 Å². The van der Waals surface area contributed by atoms with E-state index in [-0.39, 0.29) is 11.7 Å². The van der Waals surface area contributed by atoms with Crippen LogP contribution in [0.4, 0.5) is 4.39 Å². The summed E-state index contributed by atoms with van der Waals surface area (Å²) in [6.45, 7) is 0.456. The molecule has 32 heavy (non-hydrogen) atoms. The van der Waals surface area contributed by atoms with Crippen LogP contribution in [0.5, 0.6) is 0 Å². The van der Waals surface area contributed by atoms with Gasteiger partial charge in [0.15, 0.2) is 11.0 Å². The molecule has 1 amide bonds. The SMILES string of the molecule is CN(C)C(=O)[C@@H](Sc1nnc(-c2ccccc2F)n1Cc1ccccc1)c1ccccc1. The Kier molecular flexibility index (Phi) is 6.66. The first-order valence-corrected chi connectivity index (χ1v) is 11.1. The van der Waals surface area contributed by atoms with Gasteiger partial charge in [-0.1, -0.05) is 84.6 Å². The number of halogens is 1. The van der Waals surface area contributed by atoms with Crippen molar-refractivity contribution in [2.45, 2.75) is 17.0 Å². The van der Waals surface area contributed by atoms with E-state index in [9.17, 15) is 9.18 Å². The van der Waals surface area contributed by atoms with Gasteiger partial charge in [0.25, 0.3) is 0 Å². The van der Waals surface area contributed by atoms with Crippen LogP contribution in [0, 0.1) is 5.82 Å². The molecule has 1 atom stereocenters. The van der Waals surface area contributed by atoms with Crippen LogP contribution in [0.3, 0.4) is 0 Å². The highest BCUT2D eigenvalue weighted by Crippen LogP contribution is 2.37. The van der Waals surface area contributed by atoms with Gasteiger partial charge < -0.3 is 4.90 Å². The fraction of sp³-hybridized carbons (Fsp3) is 0.160. The molecule has 0 radical (unpaired) electrons. The van der Waals surface area contributed by atoms with Gasteiger partial charge in [-0.3, -0.25) is 9.36 Å². The molecule has 0 saturated heterocycles. The second-order valence-electron chi connectivity index (χ2n) is 7.50. The first-order chi connectivity index (χ1) is 15.5. The minimum atomic E-state index is -0.501. The average molecular weight is 447 g/mol. The van der Waals surface area contributed by atoms with Gasteiger partial charge in [0.1, 0.15) is 11.1 Å². The van der Waals surface area contributed by atoms with Crippen molar-refractivity contribution >= 4 is 17.7 Å². The Hall–Kier alpha value is -3.45. The molecule has 0 bridgehead atoms. The van der Waals surface area contributed by atoms with Crippen molar-refractivity contribution in [2.24, 2.45) is 0 Å². The standard InChI is InChI=1S/C25H23FN4OS/c1-29(2)24(31)22(19-13-7-4-8-14-19)32-25-28-27-23(20-15-9-10-16-21(20)26)30(25)17-18-11-5-3-6-12-18/h3-16,22H,17H2,1-2H3/t22-/m0/s1. The third-order valence-corrected chi connectivity index (χ3v) is 6.23. The van der Waals surface area contributed by atoms with Crippen molar-refractivity contribution in [1.82, 2.24) is 19.7 Å². The number of likely N-dealkylation sites (N-methyl/N-ethyl adjacent to an activating group) is 1. The third kappa shape index (κ3) is 4.73. The molecule has 3 aromatic carbocycles. The van der Waals surface area contributed by atoms with Gasteiger partial charge in [-0.05, 0) is 23.3 Å². The Balaban J connectivity index is 1.79. The van der Waals surface area contributed by atoms with Crippen molar-refractivity contribution in [3.8, 4) is 11.4 Å². The molecule has 4 aromatic rings. The molecule has 0 aliphatic carbocycles. The second kappa shape index (κ2) is 9.78. The van der Waals surface area contributed by atoms with E-state index >= 15 is 0 Å². The number of hydrogen-bond acceptors (Lipinski definition) is 4. The predicted octanol–water partition coefficient (Wildman–Crippen LogP) is 5.05. The zero-order chi connectivity index (χ0) is 22.5. The Morgan fingerprint density at radius 1 is 0.938 bits per heavy atom. The van der Waals surface area contributed by atoms with E-state index in [4.69, 9.17) is 0 Å². The molecule has 0 N–H and O–H groups in total. The van der Waals surface area contributed by atoms with Crippen LogP contribution >= 0.6 is 11.8 Å². The number of thioether (sulfide) groups is 1. The highest BCUT2D eigenvalue weighted by atomic mass is 32.2. The van der Waals surface area contributed by atoms with E-state index in [1.165, 1.54) is 17.8 Å². The first kappa shape index (κ1) is 21.8. The Morgan fingerprint density at radius 2 is 1.56 bits per heavy atom. The van der Waals surface area contributed by atoms with Crippen molar-refractivity contribution in [1.29, 1.82) is 0 Å². The summed E-state index contributed by atoms with van der Waals surface area (Å²) in [4.78, 5) is 14.6. The smallest absolute Gasteiger partial charge is 0.240 e. The molecule has 0 aliphatic heterocycles. The summed E-state index contributed by atoms with van der Waals surface area (Å²) in [7, 11) is 3.47. The van der Waals surface area contributed by atoms with Crippen molar-refractivity contribution in [3.63, 3.8) is 0 Å². The number of carbonyl (C=O) groups is 1. The number of carbonyl (C=O) groups excluding carboxylic acids is 1. The van der Waals surface area contributed by atoms with E-state index in [0.29, 0.717) is 23.1 Å². The number of rotatable bonds is 7. The lowest BCUT2D eigenvalue weighted by Gasteiger charge is -2.20. The Labute approximate surface area is 190 Å². The van der Waals surface area contributed by atoms with Gasteiger partial charge in [0.2, 0.25) is 5.91 Å². The maximum absolute atomic E-state index is 14.6. The number of benzene rings is 3. The monoisotopic (exact) mass is 446 g/mol. The third-order valence-electron chi connectivity index (χ3n) is 5.01. The summed E-state index contributed by atoms with van der Waals surface area (Å²) in [5.41, 5.74) is 2.28. The molecule has 0 spiro atoms. The fourth-order valence-electron chi connectivity index (χ4n) is 3.35. The molecule has 4 rings (SSSR count). The van der Waals surface area contributed by atoms with Gasteiger partial charge in [-0.15, -0.1) is 10.2 Å². The number of hydrogen-bond donors (Lipinski definition) is 0. The molecule has 0 fully saturated rings. The summed E-state index contributed by atoms with van der Waals surface area (Å²) in [6.07, 6.45) is 0. The van der Waals surface area contributed by atoms with Crippen LogP contribution in [0.25, 0.3) is 11.4 Å². The number of nitrogens with zero attached hydrogens (tertiary/aromatic N) is 4. The maximum atomic E-state index is 14.6. The predicted molar refractivity (Wildman–Crippen MR) is 125 cm³/mol. The lowest BCUT2D eigenvalue weighted by molar-refractivity contribution is -0.128. The number of aromatic nitrogens is 3. The summed E-state index contributed by atoms with van der Waals surface area (Å²) < 4.78 is 16.5. The highest BCUT2D eigenvalue weighted by molar-refractivity contribution is 8.00. The van der Waals surface area contributed by atoms with Crippen LogP contribution in [-0.4, -0.2) is 39.7 Å². The van der Waals surface area contributed by atoms with Crippen LogP contribution in [-0.2, 0) is 11.3 Å². The van der Waals surface area contributed by atoms with Gasteiger partial charge in [0, 0.05) is 14.1 Å². The summed E-state index contributed by atoms with van der Waals surface area (Å²) in [5.74, 6) is 0.0104. The van der Waals surface area contributed by atoms with Crippen LogP contribution in [0.2, 0.25) is 0 Å². The largest absolute Gasteiger partial charge is 0.348 e. The van der Waals surface area contributed by atoms with Gasteiger partial charge >= 0.3 is 0 Å². The van der Waals surface area contributed by atoms with Crippen LogP contribution < -0.4 is 0 Å². The van der Waals surface area contributed by atoms with Crippen molar-refractivity contribution < 1.29 is 9.18 Å². The minimum absolute atomic E-state index is 0.0529. The van der Waals surface area contributed by atoms with E-state index in [1.807, 2.05) is 65.2 Å². The molecule has 0 unspecified atom stereocenters. The second-order valence-corrected chi connectivity index (χ2v) is 8.57. The molecule has 7 heteroatoms. The average Bonchev–Trinajstić information content (AvgIpc) is 3.20. The van der Waals surface area contributed by atoms with Crippen molar-refractivity contribution in [2.75, 3.05) is 14.1 Å². The Bertz CT molecular complexity index is 1200. The molecule has 0 aliphatic rings. The maximum Gasteiger partial charge on any atom is 0.240 e. The van der Waals surface area contributed by atoms with E-state index < -0.39 is 5.25 Å². The topological polar surface area (TPSA) is 51.0 Å². The highest BCUT2D eigenvalue weighted by Gasteiger charge is 2.27. The normalized spacial score (nSPS) is 11.8. The molecular formula is C25H23FN4OS. The summed E-state index contributed by atoms with van der Waals surface area (Å²) in [6, 6.07) is 26.0. The molecule has 5 nitrogen and oxygen atoms in total. The van der Waals surface area contributed by atoms with Crippen LogP contribution in [0.15, 0.2) is 90.1 Å². The fourth-order valence-corrected chi connectivity index (χ4v) is 4.54. The summed E-state index contributed by atoms with van der Waals surface area (Å²) in [5, 5.41) is 8.75. The van der Waals surface area contributed by atoms with Gasteiger partial charge in [-0.2, -0.15) is 0 Å². The molecule has 162 valence electrons. The van der Waals surface area contributed by atoms with Crippen molar-refractivity contribution in [3.05, 3.63) is 102 Å². The van der Waals surface area contributed by atoms with Crippen LogP contribution in [0.1, 0.15) is 16.4 Å². The zero-order valence-corrected chi connectivity index (χ0v) is 18.7. The minimum Gasteiger partial charge on any atom is -0.348 e. The van der Waals surface area contributed by atoms with Gasteiger partial charge in [0.05, 0.1) is 12.1 Å². The Morgan fingerprint density at radius 3 is 2.22 bits per heavy atom. The van der Waals surface area contributed by atoms with E-state index in [0.717, 1.165) is 11.1 Å². The lowest BCUT2D eigenvalue weighted by Crippen LogP contribution is -2.27. The quantitative estimate of drug-likeness (QED) is 0.373.